The number of nitrogens with zero attached hydrogens (tertiary/aromatic N) is 2. The van der Waals surface area contributed by atoms with Crippen LogP contribution in [0, 0.1) is 0 Å². The molecule has 1 heterocycles. The molecule has 0 fully saturated rings. The van der Waals surface area contributed by atoms with Gasteiger partial charge in [0.25, 0.3) is 5.92 Å². The van der Waals surface area contributed by atoms with Crippen LogP contribution in [0.1, 0.15) is 24.9 Å². The van der Waals surface area contributed by atoms with E-state index >= 15 is 0 Å². The molecule has 0 amide bonds. The van der Waals surface area contributed by atoms with Crippen molar-refractivity contribution >= 4 is 0 Å². The second kappa shape index (κ2) is 4.04. The Kier molecular flexibility index (Phi) is 3.21. The van der Waals surface area contributed by atoms with Gasteiger partial charge < -0.3 is 10.3 Å². The zero-order valence-electron chi connectivity index (χ0n) is 8.43. The van der Waals surface area contributed by atoms with Crippen molar-refractivity contribution in [1.29, 1.82) is 0 Å². The predicted molar refractivity (Wildman–Crippen MR) is 50.2 cm³/mol. The van der Waals surface area contributed by atoms with Gasteiger partial charge in [-0.1, -0.05) is 0 Å². The minimum Gasteiger partial charge on any atom is -0.330 e. The molecule has 0 spiro atoms. The van der Waals surface area contributed by atoms with E-state index in [1.54, 1.807) is 7.05 Å². The fourth-order valence-electron chi connectivity index (χ4n) is 1.35. The standard InChI is InChI=1S/C9H15F2N3/c1-9(10,11)7-6-13-8(14(7)2)4-3-5-12/h6H,3-5,12H2,1-2H3. The van der Waals surface area contributed by atoms with Crippen molar-refractivity contribution in [3.63, 3.8) is 0 Å². The van der Waals surface area contributed by atoms with Crippen molar-refractivity contribution < 1.29 is 8.78 Å². The van der Waals surface area contributed by atoms with E-state index in [0.29, 0.717) is 18.8 Å². The largest absolute Gasteiger partial charge is 0.330 e. The summed E-state index contributed by atoms with van der Waals surface area (Å²) in [6.45, 7) is 1.42. The Morgan fingerprint density at radius 3 is 2.64 bits per heavy atom. The maximum absolute atomic E-state index is 13.0. The second-order valence-electron chi connectivity index (χ2n) is 3.40. The van der Waals surface area contributed by atoms with Crippen LogP contribution in [0.5, 0.6) is 0 Å². The third-order valence-corrected chi connectivity index (χ3v) is 2.14. The lowest BCUT2D eigenvalue weighted by Crippen LogP contribution is -2.14. The summed E-state index contributed by atoms with van der Waals surface area (Å²) in [5.41, 5.74) is 5.28. The molecule has 2 N–H and O–H groups in total. The number of halogens is 2. The molecule has 5 heteroatoms. The summed E-state index contributed by atoms with van der Waals surface area (Å²) >= 11 is 0. The van der Waals surface area contributed by atoms with Gasteiger partial charge in [-0.15, -0.1) is 0 Å². The van der Waals surface area contributed by atoms with Crippen molar-refractivity contribution in [1.82, 2.24) is 9.55 Å². The van der Waals surface area contributed by atoms with Crippen molar-refractivity contribution in [2.24, 2.45) is 12.8 Å². The maximum Gasteiger partial charge on any atom is 0.286 e. The monoisotopic (exact) mass is 203 g/mol. The average molecular weight is 203 g/mol. The number of aromatic nitrogens is 2. The summed E-state index contributed by atoms with van der Waals surface area (Å²) < 4.78 is 27.4. The van der Waals surface area contributed by atoms with Gasteiger partial charge in [-0.05, 0) is 13.0 Å². The zero-order chi connectivity index (χ0) is 10.8. The molecular formula is C9H15F2N3. The number of rotatable bonds is 4. The van der Waals surface area contributed by atoms with Crippen LogP contribution >= 0.6 is 0 Å². The summed E-state index contributed by atoms with van der Waals surface area (Å²) in [4.78, 5) is 3.95. The van der Waals surface area contributed by atoms with Crippen LogP contribution in [0.4, 0.5) is 8.78 Å². The van der Waals surface area contributed by atoms with Crippen LogP contribution < -0.4 is 5.73 Å². The van der Waals surface area contributed by atoms with E-state index in [1.807, 2.05) is 0 Å². The number of hydrogen-bond donors (Lipinski definition) is 1. The van der Waals surface area contributed by atoms with Crippen LogP contribution in [-0.4, -0.2) is 16.1 Å². The number of nitrogens with two attached hydrogens (primary N) is 1. The summed E-state index contributed by atoms with van der Waals surface area (Å²) in [6, 6.07) is 0. The van der Waals surface area contributed by atoms with E-state index in [1.165, 1.54) is 10.8 Å². The second-order valence-corrected chi connectivity index (χ2v) is 3.40. The van der Waals surface area contributed by atoms with Crippen LogP contribution in [0.25, 0.3) is 0 Å². The quantitative estimate of drug-likeness (QED) is 0.804. The zero-order valence-corrected chi connectivity index (χ0v) is 8.43. The first kappa shape index (κ1) is 11.1. The number of alkyl halides is 2. The summed E-state index contributed by atoms with van der Waals surface area (Å²) in [5.74, 6) is -2.17. The molecule has 1 rings (SSSR count). The van der Waals surface area contributed by atoms with Crippen molar-refractivity contribution in [2.45, 2.75) is 25.7 Å². The Labute approximate surface area is 81.9 Å². The molecule has 0 aliphatic carbocycles. The smallest absolute Gasteiger partial charge is 0.286 e. The molecule has 1 aromatic rings. The Morgan fingerprint density at radius 2 is 2.21 bits per heavy atom. The highest BCUT2D eigenvalue weighted by molar-refractivity contribution is 5.10. The maximum atomic E-state index is 13.0. The fraction of sp³-hybridized carbons (Fsp3) is 0.667. The van der Waals surface area contributed by atoms with Gasteiger partial charge >= 0.3 is 0 Å². The van der Waals surface area contributed by atoms with Gasteiger partial charge in [0, 0.05) is 20.4 Å². The molecule has 0 unspecified atom stereocenters. The van der Waals surface area contributed by atoms with Crippen molar-refractivity contribution in [3.8, 4) is 0 Å². The van der Waals surface area contributed by atoms with Gasteiger partial charge in [-0.25, -0.2) is 4.98 Å². The third kappa shape index (κ3) is 2.29. The van der Waals surface area contributed by atoms with E-state index < -0.39 is 5.92 Å². The van der Waals surface area contributed by atoms with Crippen LogP contribution in [0.3, 0.4) is 0 Å². The van der Waals surface area contributed by atoms with Crippen LogP contribution in [0.2, 0.25) is 0 Å². The molecular weight excluding hydrogens is 188 g/mol. The van der Waals surface area contributed by atoms with E-state index in [4.69, 9.17) is 5.73 Å². The minimum atomic E-state index is -2.83. The van der Waals surface area contributed by atoms with Crippen molar-refractivity contribution in [3.05, 3.63) is 17.7 Å². The normalized spacial score (nSPS) is 12.1. The number of aryl methyl sites for hydroxylation is 1. The first-order chi connectivity index (χ1) is 6.46. The lowest BCUT2D eigenvalue weighted by atomic mass is 10.3. The minimum absolute atomic E-state index is 0.0514. The Hall–Kier alpha value is -0.970. The van der Waals surface area contributed by atoms with E-state index in [0.717, 1.165) is 13.3 Å². The van der Waals surface area contributed by atoms with Crippen LogP contribution in [-0.2, 0) is 19.4 Å². The summed E-state index contributed by atoms with van der Waals surface area (Å²) in [6.07, 6.45) is 2.63. The molecule has 0 aliphatic heterocycles. The lowest BCUT2D eigenvalue weighted by Gasteiger charge is -2.11. The Balaban J connectivity index is 2.86. The van der Waals surface area contributed by atoms with Crippen molar-refractivity contribution in [2.75, 3.05) is 6.54 Å². The molecule has 0 atom stereocenters. The molecule has 3 nitrogen and oxygen atoms in total. The molecule has 80 valence electrons. The number of hydrogen-bond acceptors (Lipinski definition) is 2. The van der Waals surface area contributed by atoms with Gasteiger partial charge in [0.2, 0.25) is 0 Å². The highest BCUT2D eigenvalue weighted by atomic mass is 19.3. The molecule has 0 saturated heterocycles. The third-order valence-electron chi connectivity index (χ3n) is 2.14. The molecule has 0 radical (unpaired) electrons. The van der Waals surface area contributed by atoms with Gasteiger partial charge in [0.15, 0.2) is 0 Å². The topological polar surface area (TPSA) is 43.8 Å². The molecule has 0 aliphatic rings. The van der Waals surface area contributed by atoms with Gasteiger partial charge in [-0.2, -0.15) is 8.78 Å². The summed E-state index contributed by atoms with van der Waals surface area (Å²) in [7, 11) is 1.60. The van der Waals surface area contributed by atoms with Gasteiger partial charge in [-0.3, -0.25) is 0 Å². The van der Waals surface area contributed by atoms with Gasteiger partial charge in [0.1, 0.15) is 11.5 Å². The van der Waals surface area contributed by atoms with Gasteiger partial charge in [0.05, 0.1) is 6.20 Å². The molecule has 0 saturated carbocycles. The Morgan fingerprint density at radius 1 is 1.57 bits per heavy atom. The fourth-order valence-corrected chi connectivity index (χ4v) is 1.35. The lowest BCUT2D eigenvalue weighted by molar-refractivity contribution is 0.00963. The molecule has 0 bridgehead atoms. The highest BCUT2D eigenvalue weighted by Gasteiger charge is 2.28. The highest BCUT2D eigenvalue weighted by Crippen LogP contribution is 2.26. The Bertz CT molecular complexity index is 301. The number of imidazole rings is 1. The van der Waals surface area contributed by atoms with E-state index in [2.05, 4.69) is 4.98 Å². The van der Waals surface area contributed by atoms with E-state index in [9.17, 15) is 8.78 Å². The molecule has 0 aromatic carbocycles. The first-order valence-electron chi connectivity index (χ1n) is 4.55. The molecule has 1 aromatic heterocycles. The first-order valence-corrected chi connectivity index (χ1v) is 4.55. The summed E-state index contributed by atoms with van der Waals surface area (Å²) in [5, 5.41) is 0. The molecule has 14 heavy (non-hydrogen) atoms. The predicted octanol–water partition coefficient (Wildman–Crippen LogP) is 1.42. The average Bonchev–Trinajstić information content (AvgIpc) is 2.42. The van der Waals surface area contributed by atoms with Crippen LogP contribution in [0.15, 0.2) is 6.20 Å². The SMILES string of the molecule is Cn1c(C(C)(F)F)cnc1CCCN. The van der Waals surface area contributed by atoms with E-state index in [-0.39, 0.29) is 5.69 Å².